The third-order valence-corrected chi connectivity index (χ3v) is 10.6. The highest BCUT2D eigenvalue weighted by Gasteiger charge is 2.62. The van der Waals surface area contributed by atoms with Crippen molar-refractivity contribution in [3.8, 4) is 0 Å². The average Bonchev–Trinajstić information content (AvgIpc) is 3.11. The maximum atomic E-state index is 9.62. The zero-order chi connectivity index (χ0) is 25.1. The summed E-state index contributed by atoms with van der Waals surface area (Å²) in [5, 5.41) is 12.9. The highest BCUT2D eigenvalue weighted by Crippen LogP contribution is 2.68. The monoisotopic (exact) mass is 434 g/mol. The van der Waals surface area contributed by atoms with Crippen molar-refractivity contribution in [1.29, 1.82) is 0 Å². The first-order chi connectivity index (χ1) is 15.9. The van der Waals surface area contributed by atoms with Gasteiger partial charge in [0.05, 0.1) is 11.8 Å². The van der Waals surface area contributed by atoms with Gasteiger partial charge in [0.25, 0.3) is 0 Å². The van der Waals surface area contributed by atoms with Gasteiger partial charge in [0, 0.05) is 23.0 Å². The van der Waals surface area contributed by atoms with Gasteiger partial charge in [0.15, 0.2) is 0 Å². The molecule has 3 nitrogen and oxygen atoms in total. The predicted octanol–water partition coefficient (Wildman–Crippen LogP) is 7.56. The molecule has 0 radical (unpaired) electrons. The van der Waals surface area contributed by atoms with Gasteiger partial charge in [-0.3, -0.25) is 0 Å². The van der Waals surface area contributed by atoms with Gasteiger partial charge < -0.3 is 9.94 Å². The van der Waals surface area contributed by atoms with Crippen molar-refractivity contribution in [2.24, 2.45) is 57.4 Å². The Hall–Kier alpha value is -0.570. The second kappa shape index (κ2) is 8.99. The second-order valence-corrected chi connectivity index (χ2v) is 12.4. The molecule has 4 aliphatic rings. The van der Waals surface area contributed by atoms with Crippen molar-refractivity contribution in [2.75, 3.05) is 7.11 Å². The van der Waals surface area contributed by atoms with Crippen LogP contribution in [0.1, 0.15) is 109 Å². The van der Waals surface area contributed by atoms with E-state index >= 15 is 0 Å². The summed E-state index contributed by atoms with van der Waals surface area (Å²) in [6, 6.07) is 0. The van der Waals surface area contributed by atoms with E-state index in [0.29, 0.717) is 23.2 Å². The van der Waals surface area contributed by atoms with Crippen LogP contribution in [0, 0.1) is 52.3 Å². The molecule has 0 aromatic carbocycles. The van der Waals surface area contributed by atoms with Gasteiger partial charge in [-0.05, 0) is 91.7 Å². The molecule has 0 spiro atoms. The van der Waals surface area contributed by atoms with E-state index in [1.54, 1.807) is 7.11 Å². The molecule has 0 aliphatic heterocycles. The van der Waals surface area contributed by atoms with Gasteiger partial charge in [-0.25, -0.2) is 0 Å². The molecule has 178 valence electrons. The molecule has 0 heterocycles. The van der Waals surface area contributed by atoms with Crippen molar-refractivity contribution < 1.29 is 14.1 Å². The summed E-state index contributed by atoms with van der Waals surface area (Å²) >= 11 is 0. The molecule has 31 heavy (non-hydrogen) atoms. The minimum absolute atomic E-state index is 0.0444. The lowest BCUT2D eigenvalue weighted by Crippen LogP contribution is -2.59. The lowest BCUT2D eigenvalue weighted by atomic mass is 9.43. The van der Waals surface area contributed by atoms with Gasteiger partial charge in [0.1, 0.15) is 0 Å². The zero-order valence-corrected chi connectivity index (χ0v) is 20.9. The molecule has 3 heteroatoms. The molecule has 10 atom stereocenters. The number of hydrogen-bond donors (Lipinski definition) is 1. The van der Waals surface area contributed by atoms with Crippen LogP contribution in [0.15, 0.2) is 5.16 Å². The summed E-state index contributed by atoms with van der Waals surface area (Å²) in [7, 11) is 1.66. The van der Waals surface area contributed by atoms with E-state index in [-0.39, 0.29) is 11.6 Å². The Labute approximate surface area is 196 Å². The molecule has 4 aliphatic carbocycles. The third-order valence-electron chi connectivity index (χ3n) is 10.6. The van der Waals surface area contributed by atoms with Crippen LogP contribution in [-0.2, 0) is 4.74 Å². The smallest absolute Gasteiger partial charge is 0.0683 e. The SMILES string of the molecule is [2H][C@@H]1/C(=N\O)C([2H])([2H])[C@@H]2CC[C@H]3[C@@H]4CC[C@H]([C@H](C)CCCC(C)C)[C@@]4(C)CC[C@@H]3[C@@]2(C)[C@@H]1OC. The average molecular weight is 435 g/mol. The summed E-state index contributed by atoms with van der Waals surface area (Å²) < 4.78 is 32.6. The minimum Gasteiger partial charge on any atom is -0.411 e. The van der Waals surface area contributed by atoms with Crippen LogP contribution >= 0.6 is 0 Å². The predicted molar refractivity (Wildman–Crippen MR) is 128 cm³/mol. The fraction of sp³-hybridized carbons (Fsp3) is 0.964. The van der Waals surface area contributed by atoms with Crippen molar-refractivity contribution >= 4 is 5.71 Å². The van der Waals surface area contributed by atoms with Crippen molar-refractivity contribution in [3.63, 3.8) is 0 Å². The number of rotatable bonds is 6. The largest absolute Gasteiger partial charge is 0.411 e. The van der Waals surface area contributed by atoms with E-state index in [1.165, 1.54) is 38.5 Å². The maximum absolute atomic E-state index is 9.62. The molecule has 4 fully saturated rings. The number of ether oxygens (including phenoxy) is 1. The Morgan fingerprint density at radius 1 is 1.10 bits per heavy atom. The molecule has 4 saturated carbocycles. The highest BCUT2D eigenvalue weighted by molar-refractivity contribution is 5.85. The van der Waals surface area contributed by atoms with E-state index < -0.39 is 24.3 Å². The number of fused-ring (bicyclic) bond motifs is 5. The van der Waals surface area contributed by atoms with E-state index in [4.69, 9.17) is 8.85 Å². The first-order valence-electron chi connectivity index (χ1n) is 14.7. The quantitative estimate of drug-likeness (QED) is 0.346. The highest BCUT2D eigenvalue weighted by atomic mass is 16.5. The lowest BCUT2D eigenvalue weighted by Gasteiger charge is -2.62. The van der Waals surface area contributed by atoms with Crippen molar-refractivity contribution in [1.82, 2.24) is 0 Å². The topological polar surface area (TPSA) is 41.8 Å². The summed E-state index contributed by atoms with van der Waals surface area (Å²) in [6.45, 7) is 11.9. The van der Waals surface area contributed by atoms with Crippen LogP contribution in [0.4, 0.5) is 0 Å². The van der Waals surface area contributed by atoms with E-state index in [2.05, 4.69) is 39.8 Å². The Bertz CT molecular complexity index is 773. The van der Waals surface area contributed by atoms with Gasteiger partial charge in [-0.2, -0.15) is 0 Å². The molecular formula is C28H49NO2. The number of methoxy groups -OCH3 is 1. The van der Waals surface area contributed by atoms with Gasteiger partial charge >= 0.3 is 0 Å². The molecule has 0 aromatic heterocycles. The Morgan fingerprint density at radius 2 is 1.87 bits per heavy atom. The van der Waals surface area contributed by atoms with E-state index in [0.717, 1.165) is 37.0 Å². The summed E-state index contributed by atoms with van der Waals surface area (Å²) in [6.07, 6.45) is 7.65. The number of hydrogen-bond acceptors (Lipinski definition) is 3. The second-order valence-electron chi connectivity index (χ2n) is 12.4. The normalized spacial score (nSPS) is 52.5. The van der Waals surface area contributed by atoms with Crippen LogP contribution in [-0.4, -0.2) is 24.1 Å². The minimum atomic E-state index is -1.76. The Balaban J connectivity index is 1.60. The molecule has 0 saturated heterocycles. The first kappa shape index (κ1) is 19.9. The van der Waals surface area contributed by atoms with Gasteiger partial charge in [-0.15, -0.1) is 0 Å². The van der Waals surface area contributed by atoms with E-state index in [1.807, 2.05) is 0 Å². The van der Waals surface area contributed by atoms with E-state index in [9.17, 15) is 5.21 Å². The maximum Gasteiger partial charge on any atom is 0.0683 e. The lowest BCUT2D eigenvalue weighted by molar-refractivity contribution is -0.159. The third kappa shape index (κ3) is 3.89. The summed E-state index contributed by atoms with van der Waals surface area (Å²) in [5.74, 6) is 3.73. The molecular weight excluding hydrogens is 382 g/mol. The van der Waals surface area contributed by atoms with Crippen molar-refractivity contribution in [2.45, 2.75) is 111 Å². The molecule has 1 N–H and O–H groups in total. The van der Waals surface area contributed by atoms with Crippen LogP contribution in [0.25, 0.3) is 0 Å². The number of nitrogens with zero attached hydrogens (tertiary/aromatic N) is 1. The standard InChI is InChI=1S/C28H49NO2/c1-18(2)8-7-9-19(3)23-12-13-24-22-11-10-20-16-21(29-30)17-26(31-6)28(20,5)25(22)14-15-27(23,24)4/h18-20,22-26,30H,7-17H2,1-6H3/b29-21-/t19-,20+,22+,23-,24+,25+,26-,27-,28+/m1/s1/i16D2,17D/t17-,19-,20+,22+,23-,24+,25+,26-,27-,28+. The van der Waals surface area contributed by atoms with Gasteiger partial charge in [-0.1, -0.05) is 59.0 Å². The molecule has 4 rings (SSSR count). The van der Waals surface area contributed by atoms with Crippen LogP contribution in [0.5, 0.6) is 0 Å². The molecule has 0 unspecified atom stereocenters. The zero-order valence-electron chi connectivity index (χ0n) is 23.9. The molecule has 0 amide bonds. The Kier molecular flexibility index (Phi) is 5.76. The van der Waals surface area contributed by atoms with Crippen LogP contribution in [0.3, 0.4) is 0 Å². The Morgan fingerprint density at radius 3 is 2.55 bits per heavy atom. The van der Waals surface area contributed by atoms with Crippen LogP contribution < -0.4 is 0 Å². The van der Waals surface area contributed by atoms with Gasteiger partial charge in [0.2, 0.25) is 0 Å². The molecule has 0 bridgehead atoms. The fourth-order valence-corrected chi connectivity index (χ4v) is 8.99. The summed E-state index contributed by atoms with van der Waals surface area (Å²) in [5.41, 5.74) is -0.0721. The first-order valence-corrected chi connectivity index (χ1v) is 13.1. The molecule has 0 aromatic rings. The van der Waals surface area contributed by atoms with Crippen molar-refractivity contribution in [3.05, 3.63) is 0 Å². The summed E-state index contributed by atoms with van der Waals surface area (Å²) in [4.78, 5) is 0. The fourth-order valence-electron chi connectivity index (χ4n) is 8.99. The van der Waals surface area contributed by atoms with Crippen LogP contribution in [0.2, 0.25) is 0 Å². The number of oxime groups is 1.